The lowest BCUT2D eigenvalue weighted by Crippen LogP contribution is -2.57. The SMILES string of the molecule is CC(C)Cc1cc(C(=O)N2CCC3(CC2)[C@@H](C(=O)O)CC(=O)N3C)n(C)n1. The van der Waals surface area contributed by atoms with Crippen LogP contribution in [0.2, 0.25) is 0 Å². The molecule has 2 aliphatic heterocycles. The summed E-state index contributed by atoms with van der Waals surface area (Å²) in [5, 5.41) is 14.0. The number of nitrogens with zero attached hydrogens (tertiary/aromatic N) is 4. The van der Waals surface area contributed by atoms with Gasteiger partial charge in [-0.3, -0.25) is 19.1 Å². The van der Waals surface area contributed by atoms with Gasteiger partial charge in [-0.25, -0.2) is 0 Å². The number of aromatic nitrogens is 2. The van der Waals surface area contributed by atoms with E-state index in [2.05, 4.69) is 18.9 Å². The van der Waals surface area contributed by atoms with Crippen LogP contribution in [0.3, 0.4) is 0 Å². The molecule has 0 radical (unpaired) electrons. The van der Waals surface area contributed by atoms with E-state index in [4.69, 9.17) is 0 Å². The highest BCUT2D eigenvalue weighted by Gasteiger charge is 2.55. The Bertz CT molecular complexity index is 762. The first-order chi connectivity index (χ1) is 12.7. The summed E-state index contributed by atoms with van der Waals surface area (Å²) in [5.41, 5.74) is 0.762. The molecule has 1 spiro atoms. The van der Waals surface area contributed by atoms with Gasteiger partial charge in [-0.15, -0.1) is 0 Å². The molecular weight excluding hydrogens is 348 g/mol. The molecule has 0 bridgehead atoms. The van der Waals surface area contributed by atoms with Crippen LogP contribution in [0.4, 0.5) is 0 Å². The van der Waals surface area contributed by atoms with Gasteiger partial charge in [0.25, 0.3) is 5.91 Å². The molecule has 0 saturated carbocycles. The Labute approximate surface area is 159 Å². The number of carbonyl (C=O) groups excluding carboxylic acids is 2. The third-order valence-electron chi connectivity index (χ3n) is 6.05. The zero-order valence-electron chi connectivity index (χ0n) is 16.4. The molecule has 8 heteroatoms. The van der Waals surface area contributed by atoms with E-state index in [0.29, 0.717) is 37.5 Å². The Morgan fingerprint density at radius 3 is 2.48 bits per heavy atom. The summed E-state index contributed by atoms with van der Waals surface area (Å²) in [7, 11) is 3.45. The molecule has 1 N–H and O–H groups in total. The average Bonchev–Trinajstić information content (AvgIpc) is 3.07. The fourth-order valence-electron chi connectivity index (χ4n) is 4.49. The van der Waals surface area contributed by atoms with E-state index in [-0.39, 0.29) is 18.2 Å². The van der Waals surface area contributed by atoms with Crippen molar-refractivity contribution in [1.82, 2.24) is 19.6 Å². The number of amides is 2. The van der Waals surface area contributed by atoms with Gasteiger partial charge in [-0.1, -0.05) is 13.8 Å². The molecule has 1 atom stereocenters. The second kappa shape index (κ2) is 6.98. The quantitative estimate of drug-likeness (QED) is 0.851. The summed E-state index contributed by atoms with van der Waals surface area (Å²) >= 11 is 0. The zero-order valence-corrected chi connectivity index (χ0v) is 16.4. The van der Waals surface area contributed by atoms with E-state index in [1.165, 1.54) is 0 Å². The van der Waals surface area contributed by atoms with Crippen LogP contribution in [0, 0.1) is 11.8 Å². The number of hydrogen-bond donors (Lipinski definition) is 1. The first kappa shape index (κ1) is 19.4. The van der Waals surface area contributed by atoms with E-state index in [0.717, 1.165) is 12.1 Å². The van der Waals surface area contributed by atoms with Crippen LogP contribution in [0.15, 0.2) is 6.07 Å². The topological polar surface area (TPSA) is 95.7 Å². The summed E-state index contributed by atoms with van der Waals surface area (Å²) in [6.07, 6.45) is 1.82. The number of piperidine rings is 1. The molecule has 1 aromatic rings. The van der Waals surface area contributed by atoms with E-state index < -0.39 is 17.4 Å². The van der Waals surface area contributed by atoms with Crippen LogP contribution in [0.5, 0.6) is 0 Å². The Morgan fingerprint density at radius 1 is 1.30 bits per heavy atom. The Balaban J connectivity index is 1.74. The van der Waals surface area contributed by atoms with Gasteiger partial charge in [0.15, 0.2) is 0 Å². The summed E-state index contributed by atoms with van der Waals surface area (Å²) < 4.78 is 1.62. The van der Waals surface area contributed by atoms with Gasteiger partial charge < -0.3 is 14.9 Å². The minimum absolute atomic E-state index is 0.0417. The maximum absolute atomic E-state index is 13.0. The molecule has 2 saturated heterocycles. The van der Waals surface area contributed by atoms with Crippen molar-refractivity contribution in [2.45, 2.75) is 45.1 Å². The molecule has 3 rings (SSSR count). The summed E-state index contributed by atoms with van der Waals surface area (Å²) in [4.78, 5) is 40.1. The largest absolute Gasteiger partial charge is 0.481 e. The lowest BCUT2D eigenvalue weighted by atomic mass is 9.77. The van der Waals surface area contributed by atoms with E-state index in [1.807, 2.05) is 6.07 Å². The number of carboxylic acids is 1. The maximum Gasteiger partial charge on any atom is 0.309 e. The summed E-state index contributed by atoms with van der Waals surface area (Å²) in [6.45, 7) is 5.09. The molecule has 0 aromatic carbocycles. The van der Waals surface area contributed by atoms with Gasteiger partial charge in [0.1, 0.15) is 5.69 Å². The third-order valence-corrected chi connectivity index (χ3v) is 6.05. The number of aryl methyl sites for hydroxylation is 1. The van der Waals surface area contributed by atoms with Crippen LogP contribution in [0.25, 0.3) is 0 Å². The number of hydrogen-bond acceptors (Lipinski definition) is 4. The minimum atomic E-state index is -0.933. The Hall–Kier alpha value is -2.38. The van der Waals surface area contributed by atoms with Crippen LogP contribution in [-0.4, -0.2) is 68.1 Å². The number of rotatable bonds is 4. The third kappa shape index (κ3) is 3.33. The minimum Gasteiger partial charge on any atom is -0.481 e. The molecular formula is C19H28N4O4. The van der Waals surface area contributed by atoms with E-state index >= 15 is 0 Å². The van der Waals surface area contributed by atoms with Gasteiger partial charge >= 0.3 is 5.97 Å². The second-order valence-corrected chi connectivity index (χ2v) is 8.19. The average molecular weight is 376 g/mol. The predicted octanol–water partition coefficient (Wildman–Crippen LogP) is 1.16. The molecule has 2 aliphatic rings. The Morgan fingerprint density at radius 2 is 1.93 bits per heavy atom. The fourth-order valence-corrected chi connectivity index (χ4v) is 4.49. The number of likely N-dealkylation sites (tertiary alicyclic amines) is 2. The van der Waals surface area contributed by atoms with Crippen LogP contribution in [-0.2, 0) is 23.1 Å². The van der Waals surface area contributed by atoms with E-state index in [1.54, 1.807) is 28.6 Å². The molecule has 1 aromatic heterocycles. The van der Waals surface area contributed by atoms with Crippen molar-refractivity contribution >= 4 is 17.8 Å². The monoisotopic (exact) mass is 376 g/mol. The highest BCUT2D eigenvalue weighted by atomic mass is 16.4. The molecule has 0 aliphatic carbocycles. The smallest absolute Gasteiger partial charge is 0.309 e. The van der Waals surface area contributed by atoms with Gasteiger partial charge in [0.2, 0.25) is 5.91 Å². The van der Waals surface area contributed by atoms with Crippen molar-refractivity contribution in [1.29, 1.82) is 0 Å². The van der Waals surface area contributed by atoms with Gasteiger partial charge in [-0.2, -0.15) is 5.10 Å². The molecule has 2 fully saturated rings. The second-order valence-electron chi connectivity index (χ2n) is 8.19. The fraction of sp³-hybridized carbons (Fsp3) is 0.684. The molecule has 8 nitrogen and oxygen atoms in total. The normalized spacial score (nSPS) is 22.1. The maximum atomic E-state index is 13.0. The number of carboxylic acid groups (broad SMARTS) is 1. The number of aliphatic carboxylic acids is 1. The molecule has 0 unspecified atom stereocenters. The zero-order chi connectivity index (χ0) is 19.9. The van der Waals surface area contributed by atoms with Gasteiger partial charge in [0.05, 0.1) is 17.2 Å². The van der Waals surface area contributed by atoms with Crippen LogP contribution in [0.1, 0.15) is 49.3 Å². The van der Waals surface area contributed by atoms with Crippen LogP contribution < -0.4 is 0 Å². The highest BCUT2D eigenvalue weighted by molar-refractivity contribution is 5.93. The van der Waals surface area contributed by atoms with Gasteiger partial charge in [-0.05, 0) is 31.2 Å². The van der Waals surface area contributed by atoms with Gasteiger partial charge in [0, 0.05) is 33.6 Å². The standard InChI is InChI=1S/C19H28N4O4/c1-12(2)9-13-10-15(22(4)20-13)17(25)23-7-5-19(6-8-23)14(18(26)27)11-16(24)21(19)3/h10,12,14H,5-9,11H2,1-4H3,(H,26,27)/t14-/m1/s1. The lowest BCUT2D eigenvalue weighted by Gasteiger charge is -2.45. The van der Waals surface area contributed by atoms with Crippen molar-refractivity contribution in [2.75, 3.05) is 20.1 Å². The van der Waals surface area contributed by atoms with Crippen molar-refractivity contribution in [2.24, 2.45) is 18.9 Å². The molecule has 2 amide bonds. The van der Waals surface area contributed by atoms with Crippen molar-refractivity contribution in [3.8, 4) is 0 Å². The van der Waals surface area contributed by atoms with E-state index in [9.17, 15) is 19.5 Å². The first-order valence-electron chi connectivity index (χ1n) is 9.47. The van der Waals surface area contributed by atoms with Crippen molar-refractivity contribution in [3.05, 3.63) is 17.5 Å². The lowest BCUT2D eigenvalue weighted by molar-refractivity contribution is -0.145. The van der Waals surface area contributed by atoms with Crippen molar-refractivity contribution in [3.63, 3.8) is 0 Å². The molecule has 27 heavy (non-hydrogen) atoms. The molecule has 148 valence electrons. The Kier molecular flexibility index (Phi) is 5.01. The first-order valence-corrected chi connectivity index (χ1v) is 9.47. The van der Waals surface area contributed by atoms with Crippen LogP contribution >= 0.6 is 0 Å². The number of carbonyl (C=O) groups is 3. The highest BCUT2D eigenvalue weighted by Crippen LogP contribution is 2.43. The molecule has 3 heterocycles. The van der Waals surface area contributed by atoms with Crippen molar-refractivity contribution < 1.29 is 19.5 Å². The summed E-state index contributed by atoms with van der Waals surface area (Å²) in [5.74, 6) is -1.40. The summed E-state index contributed by atoms with van der Waals surface area (Å²) in [6, 6.07) is 1.85. The predicted molar refractivity (Wildman–Crippen MR) is 98.1 cm³/mol.